The van der Waals surface area contributed by atoms with Gasteiger partial charge < -0.3 is 0 Å². The van der Waals surface area contributed by atoms with Crippen LogP contribution in [0.15, 0.2) is 22.4 Å². The highest BCUT2D eigenvalue weighted by Gasteiger charge is 2.43. The summed E-state index contributed by atoms with van der Waals surface area (Å²) in [5.41, 5.74) is 2.72. The first-order valence-electron chi connectivity index (χ1n) is 9.45. The van der Waals surface area contributed by atoms with Crippen molar-refractivity contribution in [3.05, 3.63) is 22.4 Å². The van der Waals surface area contributed by atoms with Crippen molar-refractivity contribution in [1.82, 2.24) is 0 Å². The lowest BCUT2D eigenvalue weighted by molar-refractivity contribution is -0.111. The van der Waals surface area contributed by atoms with E-state index in [2.05, 4.69) is 32.6 Å². The van der Waals surface area contributed by atoms with Crippen molar-refractivity contribution < 1.29 is 4.79 Å². The molecule has 2 aliphatic rings. The lowest BCUT2D eigenvalue weighted by Crippen LogP contribution is -2.28. The SMILES string of the molecule is CCCCCCCC/C=C1/C(=O)C([Si](C)(C)C)=C2CCC[C@H]21. The van der Waals surface area contributed by atoms with Crippen LogP contribution in [-0.2, 0) is 4.79 Å². The summed E-state index contributed by atoms with van der Waals surface area (Å²) in [7, 11) is -1.50. The van der Waals surface area contributed by atoms with E-state index in [1.54, 1.807) is 5.57 Å². The van der Waals surface area contributed by atoms with Crippen molar-refractivity contribution in [1.29, 1.82) is 0 Å². The zero-order valence-corrected chi connectivity index (χ0v) is 16.1. The fraction of sp³-hybridized carbons (Fsp3) is 0.750. The highest BCUT2D eigenvalue weighted by molar-refractivity contribution is 6.88. The topological polar surface area (TPSA) is 17.1 Å². The summed E-state index contributed by atoms with van der Waals surface area (Å²) in [6.07, 6.45) is 15.1. The number of carbonyl (C=O) groups is 1. The van der Waals surface area contributed by atoms with Crippen molar-refractivity contribution >= 4 is 13.9 Å². The van der Waals surface area contributed by atoms with Gasteiger partial charge in [0.25, 0.3) is 0 Å². The molecule has 2 aliphatic carbocycles. The molecule has 1 nitrogen and oxygen atoms in total. The van der Waals surface area contributed by atoms with E-state index in [1.165, 1.54) is 68.6 Å². The fourth-order valence-electron chi connectivity index (χ4n) is 4.18. The molecule has 0 heterocycles. The molecule has 1 fully saturated rings. The van der Waals surface area contributed by atoms with Crippen LogP contribution in [-0.4, -0.2) is 13.9 Å². The molecule has 0 saturated heterocycles. The lowest BCUT2D eigenvalue weighted by atomic mass is 9.97. The van der Waals surface area contributed by atoms with Gasteiger partial charge in [0.2, 0.25) is 0 Å². The Hall–Kier alpha value is -0.633. The van der Waals surface area contributed by atoms with Crippen molar-refractivity contribution in [2.45, 2.75) is 90.8 Å². The first-order chi connectivity index (χ1) is 10.5. The number of Topliss-reactive ketones (excluding diaryl/α,β-unsaturated/α-hetero) is 1. The van der Waals surface area contributed by atoms with Crippen molar-refractivity contribution in [2.24, 2.45) is 5.92 Å². The quantitative estimate of drug-likeness (QED) is 0.295. The van der Waals surface area contributed by atoms with Gasteiger partial charge in [-0.2, -0.15) is 0 Å². The molecule has 0 aliphatic heterocycles. The molecule has 0 radical (unpaired) electrons. The zero-order chi connectivity index (χ0) is 16.2. The van der Waals surface area contributed by atoms with E-state index in [0.717, 1.165) is 6.42 Å². The van der Waals surface area contributed by atoms with Gasteiger partial charge in [0.05, 0.1) is 8.07 Å². The van der Waals surface area contributed by atoms with Gasteiger partial charge in [0, 0.05) is 11.5 Å². The molecule has 0 aromatic rings. The number of allylic oxidation sites excluding steroid dienone is 4. The molecule has 2 heteroatoms. The summed E-state index contributed by atoms with van der Waals surface area (Å²) in [5, 5.41) is 1.28. The van der Waals surface area contributed by atoms with E-state index in [1.807, 2.05) is 0 Å². The summed E-state index contributed by atoms with van der Waals surface area (Å²) in [5.74, 6) is 0.944. The molecule has 0 aromatic heterocycles. The monoisotopic (exact) mass is 318 g/mol. The number of hydrogen-bond donors (Lipinski definition) is 0. The minimum atomic E-state index is -1.50. The average Bonchev–Trinajstić information content (AvgIpc) is 2.98. The molecule has 0 unspecified atom stereocenters. The normalized spacial score (nSPS) is 23.7. The van der Waals surface area contributed by atoms with Gasteiger partial charge in [-0.3, -0.25) is 4.79 Å². The predicted octanol–water partition coefficient (Wildman–Crippen LogP) is 6.22. The predicted molar refractivity (Wildman–Crippen MR) is 98.8 cm³/mol. The highest BCUT2D eigenvalue weighted by Crippen LogP contribution is 2.47. The molecular weight excluding hydrogens is 284 g/mol. The second-order valence-corrected chi connectivity index (χ2v) is 13.1. The van der Waals surface area contributed by atoms with Crippen LogP contribution < -0.4 is 0 Å². The van der Waals surface area contributed by atoms with Gasteiger partial charge in [0.1, 0.15) is 0 Å². The third kappa shape index (κ3) is 4.01. The van der Waals surface area contributed by atoms with Crippen LogP contribution in [0.5, 0.6) is 0 Å². The minimum Gasteiger partial charge on any atom is -0.290 e. The Morgan fingerprint density at radius 3 is 2.45 bits per heavy atom. The largest absolute Gasteiger partial charge is 0.290 e. The van der Waals surface area contributed by atoms with Crippen LogP contribution in [0.4, 0.5) is 0 Å². The van der Waals surface area contributed by atoms with Crippen LogP contribution in [0.25, 0.3) is 0 Å². The zero-order valence-electron chi connectivity index (χ0n) is 15.1. The lowest BCUT2D eigenvalue weighted by Gasteiger charge is -2.18. The minimum absolute atomic E-state index is 0.435. The van der Waals surface area contributed by atoms with E-state index < -0.39 is 8.07 Å². The van der Waals surface area contributed by atoms with Crippen molar-refractivity contribution in [2.75, 3.05) is 0 Å². The van der Waals surface area contributed by atoms with E-state index in [-0.39, 0.29) is 0 Å². The second kappa shape index (κ2) is 7.76. The Kier molecular flexibility index (Phi) is 6.25. The number of fused-ring (bicyclic) bond motifs is 1. The van der Waals surface area contributed by atoms with E-state index in [9.17, 15) is 4.79 Å². The number of ketones is 1. The fourth-order valence-corrected chi connectivity index (χ4v) is 6.26. The van der Waals surface area contributed by atoms with Gasteiger partial charge in [-0.1, -0.05) is 70.3 Å². The van der Waals surface area contributed by atoms with Gasteiger partial charge in [-0.05, 0) is 37.3 Å². The Bertz CT molecular complexity index is 465. The summed E-state index contributed by atoms with van der Waals surface area (Å²) < 4.78 is 0. The van der Waals surface area contributed by atoms with Gasteiger partial charge in [0.15, 0.2) is 5.78 Å². The van der Waals surface area contributed by atoms with Gasteiger partial charge in [-0.25, -0.2) is 0 Å². The van der Waals surface area contributed by atoms with Crippen LogP contribution in [0.3, 0.4) is 0 Å². The van der Waals surface area contributed by atoms with Crippen LogP contribution in [0.1, 0.15) is 71.1 Å². The highest BCUT2D eigenvalue weighted by atomic mass is 28.3. The molecule has 0 aromatic carbocycles. The molecule has 0 N–H and O–H groups in total. The molecule has 124 valence electrons. The van der Waals surface area contributed by atoms with Crippen LogP contribution in [0.2, 0.25) is 19.6 Å². The third-order valence-corrected chi connectivity index (χ3v) is 7.27. The van der Waals surface area contributed by atoms with Crippen molar-refractivity contribution in [3.63, 3.8) is 0 Å². The first-order valence-corrected chi connectivity index (χ1v) is 12.9. The Labute approximate surface area is 138 Å². The summed E-state index contributed by atoms with van der Waals surface area (Å²) in [6.45, 7) is 9.26. The third-order valence-electron chi connectivity index (χ3n) is 5.22. The van der Waals surface area contributed by atoms with Gasteiger partial charge >= 0.3 is 0 Å². The number of unbranched alkanes of at least 4 members (excludes halogenated alkanes) is 6. The molecular formula is C20H34OSi. The average molecular weight is 319 g/mol. The molecule has 2 rings (SSSR count). The van der Waals surface area contributed by atoms with Crippen LogP contribution >= 0.6 is 0 Å². The number of carbonyl (C=O) groups excluding carboxylic acids is 1. The van der Waals surface area contributed by atoms with E-state index in [4.69, 9.17) is 0 Å². The standard InChI is InChI=1S/C20H34OSi/c1-5-6-7-8-9-10-11-13-17-16-14-12-15-18(16)20(19(17)21)22(2,3)4/h13,16H,5-12,14-15H2,1-4H3/b17-13+/t16-/m0/s1. The Morgan fingerprint density at radius 1 is 1.09 bits per heavy atom. The van der Waals surface area contributed by atoms with E-state index >= 15 is 0 Å². The number of hydrogen-bond acceptors (Lipinski definition) is 1. The summed E-state index contributed by atoms with van der Waals surface area (Å²) in [4.78, 5) is 12.9. The van der Waals surface area contributed by atoms with Crippen molar-refractivity contribution in [3.8, 4) is 0 Å². The molecule has 0 amide bonds. The maximum absolute atomic E-state index is 12.9. The van der Waals surface area contributed by atoms with Gasteiger partial charge in [-0.15, -0.1) is 0 Å². The molecule has 22 heavy (non-hydrogen) atoms. The summed E-state index contributed by atoms with van der Waals surface area (Å²) in [6, 6.07) is 0. The molecule has 1 atom stereocenters. The first kappa shape index (κ1) is 17.7. The Morgan fingerprint density at radius 2 is 1.77 bits per heavy atom. The second-order valence-electron chi connectivity index (χ2n) is 8.14. The number of rotatable bonds is 8. The van der Waals surface area contributed by atoms with E-state index in [0.29, 0.717) is 11.7 Å². The molecule has 0 spiro atoms. The molecule has 1 saturated carbocycles. The maximum Gasteiger partial charge on any atom is 0.181 e. The summed E-state index contributed by atoms with van der Waals surface area (Å²) >= 11 is 0. The maximum atomic E-state index is 12.9. The van der Waals surface area contributed by atoms with Crippen LogP contribution in [0, 0.1) is 5.92 Å². The smallest absolute Gasteiger partial charge is 0.181 e. The Balaban J connectivity index is 1.93. The molecule has 0 bridgehead atoms.